The third-order valence-electron chi connectivity index (χ3n) is 4.97. The zero-order valence-corrected chi connectivity index (χ0v) is 20.6. The van der Waals surface area contributed by atoms with Gasteiger partial charge >= 0.3 is 5.69 Å². The average Bonchev–Trinajstić information content (AvgIpc) is 2.71. The molecular weight excluding hydrogens is 422 g/mol. The second kappa shape index (κ2) is 11.7. The van der Waals surface area contributed by atoms with Gasteiger partial charge in [0.25, 0.3) is 5.56 Å². The van der Waals surface area contributed by atoms with Crippen molar-refractivity contribution >= 4 is 17.4 Å². The number of nitrogens with zero attached hydrogens (tertiary/aromatic N) is 3. The van der Waals surface area contributed by atoms with E-state index in [1.165, 1.54) is 9.47 Å². The molecule has 33 heavy (non-hydrogen) atoms. The minimum Gasteiger partial charge on any atom is -0.494 e. The van der Waals surface area contributed by atoms with Gasteiger partial charge in [0.15, 0.2) is 5.69 Å². The number of aromatic nitrogens is 2. The zero-order valence-electron chi connectivity index (χ0n) is 20.6. The third kappa shape index (κ3) is 7.21. The Bertz CT molecular complexity index is 1040. The first-order chi connectivity index (χ1) is 15.5. The van der Waals surface area contributed by atoms with Gasteiger partial charge in [-0.05, 0) is 43.5 Å². The third-order valence-corrected chi connectivity index (χ3v) is 4.97. The van der Waals surface area contributed by atoms with Crippen LogP contribution in [0, 0.1) is 11.8 Å². The maximum absolute atomic E-state index is 13.3. The van der Waals surface area contributed by atoms with Crippen LogP contribution in [0.5, 0.6) is 5.75 Å². The summed E-state index contributed by atoms with van der Waals surface area (Å²) < 4.78 is 6.79. The van der Waals surface area contributed by atoms with Crippen LogP contribution >= 0.6 is 0 Å². The molecule has 0 saturated carbocycles. The lowest BCUT2D eigenvalue weighted by atomic mass is 10.1. The average molecular weight is 460 g/mol. The Balaban J connectivity index is 2.28. The minimum atomic E-state index is -0.652. The Kier molecular flexibility index (Phi) is 9.28. The van der Waals surface area contributed by atoms with Crippen molar-refractivity contribution in [1.82, 2.24) is 14.5 Å². The molecule has 0 atom stereocenters. The number of nitrogen functional groups attached to an aromatic ring is 1. The number of nitrogens with two attached hydrogens (primary N) is 1. The molecule has 0 unspecified atom stereocenters. The number of nitrogens with one attached hydrogen (secondary N) is 1. The summed E-state index contributed by atoms with van der Waals surface area (Å²) in [4.78, 5) is 44.0. The van der Waals surface area contributed by atoms with Crippen molar-refractivity contribution in [2.75, 3.05) is 37.4 Å². The second-order valence-electron chi connectivity index (χ2n) is 9.15. The van der Waals surface area contributed by atoms with Crippen molar-refractivity contribution in [3.05, 3.63) is 50.7 Å². The molecule has 0 aliphatic heterocycles. The normalized spacial score (nSPS) is 11.4. The van der Waals surface area contributed by atoms with Gasteiger partial charge in [-0.15, -0.1) is 0 Å². The maximum atomic E-state index is 13.3. The Hall–Kier alpha value is -3.07. The number of benzene rings is 1. The van der Waals surface area contributed by atoms with Crippen LogP contribution in [0.2, 0.25) is 0 Å². The molecule has 0 radical (unpaired) electrons. The number of carbonyl (C=O) groups excluding carboxylic acids is 1. The number of hydrogen-bond acceptors (Lipinski definition) is 6. The van der Waals surface area contributed by atoms with Crippen LogP contribution in [0.3, 0.4) is 0 Å². The Labute approximate surface area is 195 Å². The summed E-state index contributed by atoms with van der Waals surface area (Å²) in [6.07, 6.45) is 0. The molecule has 2 rings (SSSR count). The standard InChI is InChI=1S/C24H37N5O4/c1-7-33-19-10-8-18(9-11-19)14-27(6)15-20(30)28(12-16(2)3)21-22(25)29(13-17(4)5)24(32)26-23(21)31/h8-11,16-17H,7,12-15,25H2,1-6H3,(H,26,31,32). The lowest BCUT2D eigenvalue weighted by Crippen LogP contribution is -2.46. The molecule has 9 heteroatoms. The molecule has 0 fully saturated rings. The number of amides is 1. The number of aromatic amines is 1. The van der Waals surface area contributed by atoms with E-state index in [-0.39, 0.29) is 35.8 Å². The first-order valence-electron chi connectivity index (χ1n) is 11.4. The summed E-state index contributed by atoms with van der Waals surface area (Å²) in [6, 6.07) is 7.72. The highest BCUT2D eigenvalue weighted by Gasteiger charge is 2.26. The molecule has 0 bridgehead atoms. The SMILES string of the molecule is CCOc1ccc(CN(C)CC(=O)N(CC(C)C)c2c(N)n(CC(C)C)c(=O)[nH]c2=O)cc1. The van der Waals surface area contributed by atoms with E-state index in [0.717, 1.165) is 11.3 Å². The monoisotopic (exact) mass is 459 g/mol. The van der Waals surface area contributed by atoms with Gasteiger partial charge in [0, 0.05) is 19.6 Å². The number of likely N-dealkylation sites (N-methyl/N-ethyl adjacent to an activating group) is 1. The van der Waals surface area contributed by atoms with Crippen LogP contribution in [0.1, 0.15) is 40.2 Å². The maximum Gasteiger partial charge on any atom is 0.330 e. The predicted molar refractivity (Wildman–Crippen MR) is 132 cm³/mol. The molecule has 182 valence electrons. The van der Waals surface area contributed by atoms with Crippen LogP contribution < -0.4 is 26.6 Å². The summed E-state index contributed by atoms with van der Waals surface area (Å²) >= 11 is 0. The van der Waals surface area contributed by atoms with Crippen LogP contribution in [-0.2, 0) is 17.9 Å². The highest BCUT2D eigenvalue weighted by Crippen LogP contribution is 2.20. The molecule has 1 aromatic heterocycles. The summed E-state index contributed by atoms with van der Waals surface area (Å²) in [5, 5.41) is 0. The zero-order chi connectivity index (χ0) is 24.7. The Morgan fingerprint density at radius 1 is 1.12 bits per heavy atom. The number of carbonyl (C=O) groups is 1. The fourth-order valence-corrected chi connectivity index (χ4v) is 3.61. The molecule has 0 aliphatic rings. The fraction of sp³-hybridized carbons (Fsp3) is 0.542. The highest BCUT2D eigenvalue weighted by molar-refractivity contribution is 5.96. The smallest absolute Gasteiger partial charge is 0.330 e. The largest absolute Gasteiger partial charge is 0.494 e. The highest BCUT2D eigenvalue weighted by atomic mass is 16.5. The topological polar surface area (TPSA) is 114 Å². The van der Waals surface area contributed by atoms with Gasteiger partial charge in [0.1, 0.15) is 11.6 Å². The molecule has 1 heterocycles. The first-order valence-corrected chi connectivity index (χ1v) is 11.4. The quantitative estimate of drug-likeness (QED) is 0.533. The van der Waals surface area contributed by atoms with E-state index in [4.69, 9.17) is 10.5 Å². The molecule has 0 saturated heterocycles. The van der Waals surface area contributed by atoms with E-state index in [0.29, 0.717) is 26.2 Å². The van der Waals surface area contributed by atoms with Gasteiger partial charge in [-0.1, -0.05) is 39.8 Å². The van der Waals surface area contributed by atoms with Gasteiger partial charge in [-0.2, -0.15) is 0 Å². The van der Waals surface area contributed by atoms with E-state index >= 15 is 0 Å². The molecular formula is C24H37N5O4. The van der Waals surface area contributed by atoms with Gasteiger partial charge in [0.2, 0.25) is 5.91 Å². The lowest BCUT2D eigenvalue weighted by Gasteiger charge is -2.28. The summed E-state index contributed by atoms with van der Waals surface area (Å²) in [5.74, 6) is 0.784. The molecule has 9 nitrogen and oxygen atoms in total. The van der Waals surface area contributed by atoms with Gasteiger partial charge in [0.05, 0.1) is 13.2 Å². The summed E-state index contributed by atoms with van der Waals surface area (Å²) in [6.45, 7) is 11.6. The van der Waals surface area contributed by atoms with Crippen LogP contribution in [0.4, 0.5) is 11.5 Å². The van der Waals surface area contributed by atoms with Crippen LogP contribution in [0.25, 0.3) is 0 Å². The van der Waals surface area contributed by atoms with E-state index < -0.39 is 11.2 Å². The van der Waals surface area contributed by atoms with Crippen molar-refractivity contribution in [3.8, 4) is 5.75 Å². The first kappa shape index (κ1) is 26.2. The van der Waals surface area contributed by atoms with E-state index in [9.17, 15) is 14.4 Å². The predicted octanol–water partition coefficient (Wildman–Crippen LogP) is 2.29. The van der Waals surface area contributed by atoms with Gasteiger partial charge in [-0.25, -0.2) is 4.79 Å². The van der Waals surface area contributed by atoms with Gasteiger partial charge < -0.3 is 15.4 Å². The summed E-state index contributed by atoms with van der Waals surface area (Å²) in [5.41, 5.74) is 6.11. The number of ether oxygens (including phenoxy) is 1. The van der Waals surface area contributed by atoms with Gasteiger partial charge in [-0.3, -0.25) is 24.0 Å². The molecule has 0 aliphatic carbocycles. The van der Waals surface area contributed by atoms with Crippen molar-refractivity contribution in [2.24, 2.45) is 11.8 Å². The Morgan fingerprint density at radius 3 is 2.30 bits per heavy atom. The number of rotatable bonds is 11. The lowest BCUT2D eigenvalue weighted by molar-refractivity contribution is -0.119. The van der Waals surface area contributed by atoms with Crippen LogP contribution in [-0.4, -0.2) is 47.1 Å². The van der Waals surface area contributed by atoms with E-state index in [2.05, 4.69) is 4.98 Å². The molecule has 2 aromatic rings. The molecule has 0 spiro atoms. The number of hydrogen-bond donors (Lipinski definition) is 2. The number of anilines is 2. The Morgan fingerprint density at radius 2 is 1.76 bits per heavy atom. The van der Waals surface area contributed by atoms with Crippen molar-refractivity contribution in [1.29, 1.82) is 0 Å². The van der Waals surface area contributed by atoms with Crippen molar-refractivity contribution in [2.45, 2.75) is 47.7 Å². The minimum absolute atomic E-state index is 0.0145. The molecule has 3 N–H and O–H groups in total. The van der Waals surface area contributed by atoms with E-state index in [1.54, 1.807) is 0 Å². The van der Waals surface area contributed by atoms with Crippen molar-refractivity contribution < 1.29 is 9.53 Å². The van der Waals surface area contributed by atoms with Crippen molar-refractivity contribution in [3.63, 3.8) is 0 Å². The molecule has 1 amide bonds. The molecule has 1 aromatic carbocycles. The fourth-order valence-electron chi connectivity index (χ4n) is 3.61. The van der Waals surface area contributed by atoms with E-state index in [1.807, 2.05) is 70.8 Å². The second-order valence-corrected chi connectivity index (χ2v) is 9.15. The van der Waals surface area contributed by atoms with Crippen LogP contribution in [0.15, 0.2) is 33.9 Å². The summed E-state index contributed by atoms with van der Waals surface area (Å²) in [7, 11) is 1.84. The number of H-pyrrole nitrogens is 1.